The Kier molecular flexibility index (Phi) is 4.33. The van der Waals surface area contributed by atoms with Crippen LogP contribution in [0.1, 0.15) is 5.56 Å². The lowest BCUT2D eigenvalue weighted by atomic mass is 10.2. The second-order valence-electron chi connectivity index (χ2n) is 2.95. The maximum atomic E-state index is 8.76. The lowest BCUT2D eigenvalue weighted by Crippen LogP contribution is -2.23. The van der Waals surface area contributed by atoms with Crippen molar-refractivity contribution in [3.63, 3.8) is 0 Å². The number of anilines is 1. The molecule has 0 aliphatic rings. The molecule has 78 valence electrons. The molecule has 0 radical (unpaired) electrons. The minimum Gasteiger partial charge on any atom is -0.345 e. The Bertz CT molecular complexity index is 488. The van der Waals surface area contributed by atoms with Crippen LogP contribution < -0.4 is 4.90 Å². The van der Waals surface area contributed by atoms with E-state index in [1.807, 2.05) is 18.2 Å². The van der Waals surface area contributed by atoms with Crippen molar-refractivity contribution in [2.75, 3.05) is 18.0 Å². The predicted octanol–water partition coefficient (Wildman–Crippen LogP) is 2.17. The van der Waals surface area contributed by atoms with Gasteiger partial charge in [-0.15, -0.1) is 0 Å². The van der Waals surface area contributed by atoms with Crippen molar-refractivity contribution in [3.05, 3.63) is 28.2 Å². The third-order valence-corrected chi connectivity index (χ3v) is 2.62. The predicted molar refractivity (Wildman–Crippen MR) is 62.3 cm³/mol. The average Bonchev–Trinajstić information content (AvgIpc) is 2.28. The highest BCUT2D eigenvalue weighted by Crippen LogP contribution is 2.23. The summed E-state index contributed by atoms with van der Waals surface area (Å²) >= 11 is 3.26. The minimum atomic E-state index is 0.145. The Morgan fingerprint density at radius 1 is 1.12 bits per heavy atom. The highest BCUT2D eigenvalue weighted by Gasteiger charge is 2.07. The molecule has 5 heteroatoms. The Morgan fingerprint density at radius 2 is 1.75 bits per heavy atom. The maximum Gasteiger partial charge on any atom is 0.106 e. The molecule has 0 aromatic heterocycles. The molecular formula is C11H7BrN4. The first-order valence-corrected chi connectivity index (χ1v) is 5.20. The van der Waals surface area contributed by atoms with Crippen molar-refractivity contribution in [1.82, 2.24) is 0 Å². The molecule has 0 aliphatic heterocycles. The summed E-state index contributed by atoms with van der Waals surface area (Å²) in [6, 6.07) is 11.1. The molecule has 0 saturated carbocycles. The summed E-state index contributed by atoms with van der Waals surface area (Å²) in [4.78, 5) is 1.63. The van der Waals surface area contributed by atoms with Crippen LogP contribution in [0.25, 0.3) is 0 Å². The molecule has 0 spiro atoms. The molecule has 4 nitrogen and oxygen atoms in total. The largest absolute Gasteiger partial charge is 0.345 e. The Labute approximate surface area is 102 Å². The third kappa shape index (κ3) is 2.73. The average molecular weight is 275 g/mol. The quantitative estimate of drug-likeness (QED) is 0.792. The summed E-state index contributed by atoms with van der Waals surface area (Å²) < 4.78 is 0.661. The smallest absolute Gasteiger partial charge is 0.106 e. The van der Waals surface area contributed by atoms with Crippen molar-refractivity contribution in [3.8, 4) is 18.2 Å². The van der Waals surface area contributed by atoms with E-state index in [2.05, 4.69) is 15.9 Å². The number of hydrogen-bond donors (Lipinski definition) is 0. The van der Waals surface area contributed by atoms with Crippen LogP contribution in [0.3, 0.4) is 0 Å². The fraction of sp³-hybridized carbons (Fsp3) is 0.182. The highest BCUT2D eigenvalue weighted by atomic mass is 79.9. The van der Waals surface area contributed by atoms with Gasteiger partial charge in [0.05, 0.1) is 17.7 Å². The van der Waals surface area contributed by atoms with Crippen LogP contribution in [0.4, 0.5) is 5.69 Å². The molecule has 1 aromatic carbocycles. The fourth-order valence-corrected chi connectivity index (χ4v) is 1.66. The molecule has 1 aromatic rings. The topological polar surface area (TPSA) is 74.6 Å². The van der Waals surface area contributed by atoms with Crippen LogP contribution in [-0.2, 0) is 0 Å². The van der Waals surface area contributed by atoms with Gasteiger partial charge in [0.1, 0.15) is 19.2 Å². The SMILES string of the molecule is N#CCN(CC#N)c1ccc(C#N)c(Br)c1. The van der Waals surface area contributed by atoms with Crippen LogP contribution >= 0.6 is 15.9 Å². The van der Waals surface area contributed by atoms with Gasteiger partial charge in [-0.2, -0.15) is 15.8 Å². The number of nitrogens with zero attached hydrogens (tertiary/aromatic N) is 4. The van der Waals surface area contributed by atoms with E-state index >= 15 is 0 Å². The monoisotopic (exact) mass is 274 g/mol. The zero-order chi connectivity index (χ0) is 12.0. The normalized spacial score (nSPS) is 8.62. The van der Waals surface area contributed by atoms with Gasteiger partial charge in [0, 0.05) is 10.2 Å². The third-order valence-electron chi connectivity index (χ3n) is 1.96. The van der Waals surface area contributed by atoms with Crippen molar-refractivity contribution >= 4 is 21.6 Å². The van der Waals surface area contributed by atoms with E-state index in [4.69, 9.17) is 15.8 Å². The standard InChI is InChI=1S/C11H7BrN4/c12-11-7-10(2-1-9(11)8-15)16(5-3-13)6-4-14/h1-2,7H,5-6H2. The summed E-state index contributed by atoms with van der Waals surface area (Å²) in [5.74, 6) is 0. The Balaban J connectivity index is 3.04. The van der Waals surface area contributed by atoms with E-state index in [1.165, 1.54) is 0 Å². The van der Waals surface area contributed by atoms with Gasteiger partial charge >= 0.3 is 0 Å². The first kappa shape index (κ1) is 12.0. The minimum absolute atomic E-state index is 0.145. The van der Waals surface area contributed by atoms with Crippen LogP contribution in [0, 0.1) is 34.0 Å². The van der Waals surface area contributed by atoms with Crippen molar-refractivity contribution in [2.45, 2.75) is 0 Å². The lowest BCUT2D eigenvalue weighted by molar-refractivity contribution is 0.965. The van der Waals surface area contributed by atoms with Gasteiger partial charge < -0.3 is 4.90 Å². The van der Waals surface area contributed by atoms with Gasteiger partial charge in [-0.3, -0.25) is 0 Å². The molecule has 0 heterocycles. The maximum absolute atomic E-state index is 8.76. The number of nitriles is 3. The summed E-state index contributed by atoms with van der Waals surface area (Å²) in [6.45, 7) is 0.289. The van der Waals surface area contributed by atoms with Crippen molar-refractivity contribution in [2.24, 2.45) is 0 Å². The second kappa shape index (κ2) is 5.75. The molecule has 1 rings (SSSR count). The van der Waals surface area contributed by atoms with Gasteiger partial charge in [-0.1, -0.05) is 0 Å². The number of rotatable bonds is 3. The Hall–Kier alpha value is -2.03. The molecule has 0 bridgehead atoms. The molecule has 0 unspecified atom stereocenters. The number of hydrogen-bond acceptors (Lipinski definition) is 4. The van der Waals surface area contributed by atoms with Gasteiger partial charge in [0.25, 0.3) is 0 Å². The first-order chi connectivity index (χ1) is 7.72. The van der Waals surface area contributed by atoms with Crippen LogP contribution in [0.15, 0.2) is 22.7 Å². The molecule has 0 N–H and O–H groups in total. The van der Waals surface area contributed by atoms with E-state index in [0.29, 0.717) is 10.0 Å². The molecular weight excluding hydrogens is 268 g/mol. The summed E-state index contributed by atoms with van der Waals surface area (Å²) in [7, 11) is 0. The summed E-state index contributed by atoms with van der Waals surface area (Å²) in [6.07, 6.45) is 0. The fourth-order valence-electron chi connectivity index (χ4n) is 1.20. The van der Waals surface area contributed by atoms with E-state index in [9.17, 15) is 0 Å². The van der Waals surface area contributed by atoms with Crippen molar-refractivity contribution < 1.29 is 0 Å². The highest BCUT2D eigenvalue weighted by molar-refractivity contribution is 9.10. The van der Waals surface area contributed by atoms with Gasteiger partial charge in [-0.05, 0) is 34.1 Å². The molecule has 0 saturated heterocycles. The van der Waals surface area contributed by atoms with Crippen LogP contribution in [0.5, 0.6) is 0 Å². The van der Waals surface area contributed by atoms with E-state index in [1.54, 1.807) is 23.1 Å². The van der Waals surface area contributed by atoms with E-state index < -0.39 is 0 Å². The van der Waals surface area contributed by atoms with Crippen molar-refractivity contribution in [1.29, 1.82) is 15.8 Å². The van der Waals surface area contributed by atoms with Gasteiger partial charge in [0.15, 0.2) is 0 Å². The van der Waals surface area contributed by atoms with E-state index in [0.717, 1.165) is 5.69 Å². The molecule has 16 heavy (non-hydrogen) atoms. The zero-order valence-electron chi connectivity index (χ0n) is 8.31. The van der Waals surface area contributed by atoms with Crippen LogP contribution in [-0.4, -0.2) is 13.1 Å². The Morgan fingerprint density at radius 3 is 2.19 bits per heavy atom. The molecule has 0 aliphatic carbocycles. The summed E-state index contributed by atoms with van der Waals surface area (Å²) in [5.41, 5.74) is 1.27. The number of halogens is 1. The lowest BCUT2D eigenvalue weighted by Gasteiger charge is -2.18. The summed E-state index contributed by atoms with van der Waals surface area (Å²) in [5, 5.41) is 26.0. The molecule has 0 atom stereocenters. The first-order valence-electron chi connectivity index (χ1n) is 4.41. The second-order valence-corrected chi connectivity index (χ2v) is 3.80. The van der Waals surface area contributed by atoms with Gasteiger partial charge in [0.2, 0.25) is 0 Å². The van der Waals surface area contributed by atoms with Gasteiger partial charge in [-0.25, -0.2) is 0 Å². The number of benzene rings is 1. The molecule has 0 amide bonds. The van der Waals surface area contributed by atoms with Crippen LogP contribution in [0.2, 0.25) is 0 Å². The zero-order valence-corrected chi connectivity index (χ0v) is 9.90. The molecule has 0 fully saturated rings. The van der Waals surface area contributed by atoms with E-state index in [-0.39, 0.29) is 13.1 Å².